The van der Waals surface area contributed by atoms with E-state index in [9.17, 15) is 14.0 Å². The zero-order chi connectivity index (χ0) is 24.5. The number of thioether (sulfide) groups is 1. The molecule has 0 aliphatic carbocycles. The van der Waals surface area contributed by atoms with Gasteiger partial charge in [-0.05, 0) is 35.4 Å². The van der Waals surface area contributed by atoms with Crippen LogP contribution < -0.4 is 5.32 Å². The van der Waals surface area contributed by atoms with E-state index in [2.05, 4.69) is 21.2 Å². The monoisotopic (exact) mass is 562 g/mol. The van der Waals surface area contributed by atoms with Crippen molar-refractivity contribution in [3.05, 3.63) is 105 Å². The maximum atomic E-state index is 14.1. The number of carbonyl (C=O) groups is 2. The Morgan fingerprint density at radius 3 is 2.44 bits per heavy atom. The first-order valence-corrected chi connectivity index (χ1v) is 13.0. The van der Waals surface area contributed by atoms with E-state index in [1.807, 2.05) is 54.6 Å². The molecule has 0 spiro atoms. The van der Waals surface area contributed by atoms with Crippen LogP contribution in [0.15, 0.2) is 77.3 Å². The normalized spacial score (nSPS) is 11.6. The largest absolute Gasteiger partial charge is 0.357 e. The molecule has 0 aliphatic rings. The van der Waals surface area contributed by atoms with Crippen molar-refractivity contribution in [2.24, 2.45) is 0 Å². The van der Waals surface area contributed by atoms with Crippen LogP contribution in [0.1, 0.15) is 16.7 Å². The Hall–Kier alpha value is -2.35. The molecule has 0 saturated heterocycles. The van der Waals surface area contributed by atoms with Gasteiger partial charge in [0.15, 0.2) is 0 Å². The number of rotatable bonds is 10. The molecule has 3 aromatic rings. The van der Waals surface area contributed by atoms with Gasteiger partial charge >= 0.3 is 0 Å². The summed E-state index contributed by atoms with van der Waals surface area (Å²) in [5.41, 5.74) is 2.22. The van der Waals surface area contributed by atoms with Crippen LogP contribution >= 0.6 is 39.3 Å². The predicted octanol–water partition coefficient (Wildman–Crippen LogP) is 5.86. The third-order valence-electron chi connectivity index (χ3n) is 5.29. The van der Waals surface area contributed by atoms with Crippen LogP contribution in [0.2, 0.25) is 5.02 Å². The van der Waals surface area contributed by atoms with Crippen molar-refractivity contribution in [2.75, 3.05) is 12.8 Å². The number of carbonyl (C=O) groups excluding carboxylic acids is 2. The third-order valence-corrected chi connectivity index (χ3v) is 7.08. The second kappa shape index (κ2) is 12.9. The Bertz CT molecular complexity index is 1110. The van der Waals surface area contributed by atoms with Gasteiger partial charge in [0, 0.05) is 40.8 Å². The molecule has 2 amide bonds. The fourth-order valence-electron chi connectivity index (χ4n) is 3.55. The van der Waals surface area contributed by atoms with E-state index in [0.717, 1.165) is 15.6 Å². The molecule has 34 heavy (non-hydrogen) atoms. The van der Waals surface area contributed by atoms with Crippen LogP contribution in [-0.2, 0) is 28.3 Å². The minimum absolute atomic E-state index is 0.0843. The molecule has 0 aromatic heterocycles. The lowest BCUT2D eigenvalue weighted by atomic mass is 10.0. The molecule has 0 fully saturated rings. The first kappa shape index (κ1) is 26.3. The highest BCUT2D eigenvalue weighted by atomic mass is 79.9. The molecule has 1 atom stereocenters. The number of likely N-dealkylation sites (N-methyl/N-ethyl adjacent to an activating group) is 1. The van der Waals surface area contributed by atoms with Gasteiger partial charge in [-0.1, -0.05) is 76.1 Å². The van der Waals surface area contributed by atoms with Gasteiger partial charge < -0.3 is 10.2 Å². The lowest BCUT2D eigenvalue weighted by molar-refractivity contribution is -0.139. The minimum Gasteiger partial charge on any atom is -0.357 e. The maximum absolute atomic E-state index is 14.1. The Kier molecular flexibility index (Phi) is 9.99. The molecule has 0 heterocycles. The molecule has 178 valence electrons. The fraction of sp³-hybridized carbons (Fsp3) is 0.231. The highest BCUT2D eigenvalue weighted by Crippen LogP contribution is 2.25. The maximum Gasteiger partial charge on any atom is 0.242 e. The van der Waals surface area contributed by atoms with Crippen molar-refractivity contribution in [2.45, 2.75) is 24.8 Å². The first-order valence-electron chi connectivity index (χ1n) is 10.7. The topological polar surface area (TPSA) is 49.4 Å². The van der Waals surface area contributed by atoms with Crippen LogP contribution in [0.5, 0.6) is 0 Å². The molecule has 0 radical (unpaired) electrons. The number of halogens is 3. The summed E-state index contributed by atoms with van der Waals surface area (Å²) in [6.07, 6.45) is 0.379. The van der Waals surface area contributed by atoms with E-state index in [0.29, 0.717) is 17.0 Å². The standard InChI is InChI=1S/C26H25BrClFN2O2S/c1-30-26(33)24(14-18-7-3-2-4-8-18)31(15-19-9-5-10-20(27)13-19)25(32)17-34-16-21-22(28)11-6-12-23(21)29/h2-13,24H,14-17H2,1H3,(H,30,33)/t24-/m0/s1. The van der Waals surface area contributed by atoms with Crippen LogP contribution in [0, 0.1) is 5.82 Å². The molecule has 0 saturated carbocycles. The van der Waals surface area contributed by atoms with Crippen LogP contribution in [-0.4, -0.2) is 35.6 Å². The number of nitrogens with zero attached hydrogens (tertiary/aromatic N) is 1. The van der Waals surface area contributed by atoms with Crippen molar-refractivity contribution >= 4 is 51.1 Å². The Morgan fingerprint density at radius 2 is 1.76 bits per heavy atom. The molecule has 3 rings (SSSR count). The van der Waals surface area contributed by atoms with Crippen LogP contribution in [0.25, 0.3) is 0 Å². The van der Waals surface area contributed by atoms with Gasteiger partial charge in [-0.25, -0.2) is 4.39 Å². The van der Waals surface area contributed by atoms with Gasteiger partial charge in [0.05, 0.1) is 5.75 Å². The number of amides is 2. The molecular formula is C26H25BrClFN2O2S. The average molecular weight is 564 g/mol. The van der Waals surface area contributed by atoms with Crippen molar-refractivity contribution in [3.8, 4) is 0 Å². The van der Waals surface area contributed by atoms with E-state index in [1.54, 1.807) is 24.1 Å². The van der Waals surface area contributed by atoms with Gasteiger partial charge in [-0.2, -0.15) is 0 Å². The lowest BCUT2D eigenvalue weighted by Gasteiger charge is -2.31. The molecule has 1 N–H and O–H groups in total. The van der Waals surface area contributed by atoms with E-state index in [1.165, 1.54) is 17.8 Å². The molecular weight excluding hydrogens is 539 g/mol. The van der Waals surface area contributed by atoms with Gasteiger partial charge in [-0.15, -0.1) is 11.8 Å². The number of benzene rings is 3. The smallest absolute Gasteiger partial charge is 0.242 e. The third kappa shape index (κ3) is 7.32. The second-order valence-electron chi connectivity index (χ2n) is 7.66. The van der Waals surface area contributed by atoms with Gasteiger partial charge in [0.1, 0.15) is 11.9 Å². The van der Waals surface area contributed by atoms with E-state index >= 15 is 0 Å². The van der Waals surface area contributed by atoms with Crippen molar-refractivity contribution in [1.82, 2.24) is 10.2 Å². The van der Waals surface area contributed by atoms with Crippen molar-refractivity contribution in [1.29, 1.82) is 0 Å². The fourth-order valence-corrected chi connectivity index (χ4v) is 5.24. The lowest BCUT2D eigenvalue weighted by Crippen LogP contribution is -2.50. The SMILES string of the molecule is CNC(=O)[C@H](Cc1ccccc1)N(Cc1cccc(Br)c1)C(=O)CSCc1c(F)cccc1Cl. The summed E-state index contributed by atoms with van der Waals surface area (Å²) >= 11 is 10.9. The van der Waals surface area contributed by atoms with Gasteiger partial charge in [0.25, 0.3) is 0 Å². The van der Waals surface area contributed by atoms with Gasteiger partial charge in [-0.3, -0.25) is 9.59 Å². The molecule has 8 heteroatoms. The van der Waals surface area contributed by atoms with Gasteiger partial charge in [0.2, 0.25) is 11.8 Å². The van der Waals surface area contributed by atoms with Crippen LogP contribution in [0.4, 0.5) is 4.39 Å². The molecule has 3 aromatic carbocycles. The van der Waals surface area contributed by atoms with E-state index in [4.69, 9.17) is 11.6 Å². The molecule has 0 unspecified atom stereocenters. The summed E-state index contributed by atoms with van der Waals surface area (Å²) in [4.78, 5) is 27.9. The Morgan fingerprint density at radius 1 is 1.06 bits per heavy atom. The van der Waals surface area contributed by atoms with Crippen molar-refractivity contribution in [3.63, 3.8) is 0 Å². The summed E-state index contributed by atoms with van der Waals surface area (Å²) < 4.78 is 15.0. The quantitative estimate of drug-likeness (QED) is 0.336. The van der Waals surface area contributed by atoms with E-state index < -0.39 is 11.9 Å². The summed E-state index contributed by atoms with van der Waals surface area (Å²) in [5, 5.41) is 3.03. The minimum atomic E-state index is -0.698. The second-order valence-corrected chi connectivity index (χ2v) is 9.97. The molecule has 0 aliphatic heterocycles. The van der Waals surface area contributed by atoms with Crippen LogP contribution in [0.3, 0.4) is 0 Å². The predicted molar refractivity (Wildman–Crippen MR) is 140 cm³/mol. The number of nitrogens with one attached hydrogen (secondary N) is 1. The Balaban J connectivity index is 1.83. The van der Waals surface area contributed by atoms with E-state index in [-0.39, 0.29) is 29.9 Å². The zero-order valence-electron chi connectivity index (χ0n) is 18.6. The summed E-state index contributed by atoms with van der Waals surface area (Å²) in [7, 11) is 1.57. The summed E-state index contributed by atoms with van der Waals surface area (Å²) in [6.45, 7) is 0.268. The Labute approximate surface area is 217 Å². The summed E-state index contributed by atoms with van der Waals surface area (Å²) in [5.74, 6) is -0.506. The highest BCUT2D eigenvalue weighted by molar-refractivity contribution is 9.10. The molecule has 0 bridgehead atoms. The first-order chi connectivity index (χ1) is 16.4. The zero-order valence-corrected chi connectivity index (χ0v) is 21.8. The average Bonchev–Trinajstić information content (AvgIpc) is 2.83. The highest BCUT2D eigenvalue weighted by Gasteiger charge is 2.29. The number of hydrogen-bond acceptors (Lipinski definition) is 3. The molecule has 4 nitrogen and oxygen atoms in total. The number of hydrogen-bond donors (Lipinski definition) is 1. The summed E-state index contributed by atoms with van der Waals surface area (Å²) in [6, 6.07) is 21.1. The van der Waals surface area contributed by atoms with Crippen molar-refractivity contribution < 1.29 is 14.0 Å².